The highest BCUT2D eigenvalue weighted by molar-refractivity contribution is 5.92. The quantitative estimate of drug-likeness (QED) is 0.559. The minimum atomic E-state index is -0.188. The molecule has 0 atom stereocenters. The van der Waals surface area contributed by atoms with Crippen LogP contribution in [0.4, 0.5) is 0 Å². The van der Waals surface area contributed by atoms with E-state index in [1.165, 1.54) is 0 Å². The molecule has 1 rings (SSSR count). The summed E-state index contributed by atoms with van der Waals surface area (Å²) < 4.78 is 5.25. The molecule has 0 heterocycles. The van der Waals surface area contributed by atoms with E-state index in [9.17, 15) is 4.79 Å². The number of aryl methyl sites for hydroxylation is 2. The van der Waals surface area contributed by atoms with Crippen LogP contribution in [-0.2, 0) is 4.74 Å². The summed E-state index contributed by atoms with van der Waals surface area (Å²) in [6, 6.07) is 5.84. The molecule has 0 unspecified atom stereocenters. The number of hydrogen-bond donors (Lipinski definition) is 0. The summed E-state index contributed by atoms with van der Waals surface area (Å²) in [5.74, 6) is -0.188. The topological polar surface area (TPSA) is 26.3 Å². The minimum Gasteiger partial charge on any atom is -0.462 e. The number of unbranched alkanes of at least 4 members (excludes halogenated alkanes) is 2. The van der Waals surface area contributed by atoms with Gasteiger partial charge in [0, 0.05) is 0 Å². The number of ether oxygens (including phenoxy) is 1. The maximum absolute atomic E-state index is 11.8. The Kier molecular flexibility index (Phi) is 5.03. The second kappa shape index (κ2) is 6.31. The van der Waals surface area contributed by atoms with Crippen LogP contribution in [0.15, 0.2) is 18.2 Å². The standard InChI is InChI=1S/C14H20O2/c1-4-5-6-10-16-14(15)13-11(2)8-7-9-12(13)3/h7-9H,4-6,10H2,1-3H3. The Morgan fingerprint density at radius 3 is 2.38 bits per heavy atom. The Bertz CT molecular complexity index is 336. The van der Waals surface area contributed by atoms with Crippen LogP contribution in [0.3, 0.4) is 0 Å². The van der Waals surface area contributed by atoms with Gasteiger partial charge in [0.1, 0.15) is 0 Å². The molecule has 0 spiro atoms. The predicted octanol–water partition coefficient (Wildman–Crippen LogP) is 3.65. The summed E-state index contributed by atoms with van der Waals surface area (Å²) in [5.41, 5.74) is 2.69. The van der Waals surface area contributed by atoms with Gasteiger partial charge in [-0.05, 0) is 31.4 Å². The molecule has 0 aliphatic rings. The van der Waals surface area contributed by atoms with Crippen LogP contribution in [-0.4, -0.2) is 12.6 Å². The molecule has 2 nitrogen and oxygen atoms in total. The van der Waals surface area contributed by atoms with Crippen molar-refractivity contribution in [2.75, 3.05) is 6.61 Å². The summed E-state index contributed by atoms with van der Waals surface area (Å²) in [6.45, 7) is 6.54. The highest BCUT2D eigenvalue weighted by Gasteiger charge is 2.12. The second-order valence-corrected chi connectivity index (χ2v) is 4.11. The lowest BCUT2D eigenvalue weighted by Crippen LogP contribution is -2.10. The summed E-state index contributed by atoms with van der Waals surface area (Å²) in [6.07, 6.45) is 3.20. The number of rotatable bonds is 5. The van der Waals surface area contributed by atoms with Gasteiger partial charge in [0.15, 0.2) is 0 Å². The lowest BCUT2D eigenvalue weighted by atomic mass is 10.0. The third-order valence-corrected chi connectivity index (χ3v) is 2.67. The van der Waals surface area contributed by atoms with Gasteiger partial charge in [-0.25, -0.2) is 4.79 Å². The summed E-state index contributed by atoms with van der Waals surface area (Å²) in [5, 5.41) is 0. The molecule has 2 heteroatoms. The van der Waals surface area contributed by atoms with Crippen LogP contribution >= 0.6 is 0 Å². The SMILES string of the molecule is CCCCCOC(=O)c1c(C)cccc1C. The van der Waals surface area contributed by atoms with Crippen molar-refractivity contribution < 1.29 is 9.53 Å². The number of carbonyl (C=O) groups is 1. The molecule has 0 bridgehead atoms. The third-order valence-electron chi connectivity index (χ3n) is 2.67. The molecule has 88 valence electrons. The largest absolute Gasteiger partial charge is 0.462 e. The van der Waals surface area contributed by atoms with Crippen molar-refractivity contribution in [1.29, 1.82) is 0 Å². The van der Waals surface area contributed by atoms with Crippen LogP contribution in [0.5, 0.6) is 0 Å². The molecular formula is C14H20O2. The Labute approximate surface area is 97.6 Å². The van der Waals surface area contributed by atoms with E-state index in [-0.39, 0.29) is 5.97 Å². The molecule has 16 heavy (non-hydrogen) atoms. The van der Waals surface area contributed by atoms with Crippen molar-refractivity contribution >= 4 is 5.97 Å². The first-order valence-electron chi connectivity index (χ1n) is 5.90. The van der Waals surface area contributed by atoms with Crippen molar-refractivity contribution in [1.82, 2.24) is 0 Å². The van der Waals surface area contributed by atoms with Gasteiger partial charge in [-0.2, -0.15) is 0 Å². The van der Waals surface area contributed by atoms with Gasteiger partial charge in [-0.1, -0.05) is 38.0 Å². The fourth-order valence-corrected chi connectivity index (χ4v) is 1.73. The predicted molar refractivity (Wildman–Crippen MR) is 65.7 cm³/mol. The van der Waals surface area contributed by atoms with Crippen LogP contribution < -0.4 is 0 Å². The van der Waals surface area contributed by atoms with Crippen molar-refractivity contribution in [3.8, 4) is 0 Å². The second-order valence-electron chi connectivity index (χ2n) is 4.11. The average Bonchev–Trinajstić information content (AvgIpc) is 2.24. The van der Waals surface area contributed by atoms with Gasteiger partial charge in [-0.3, -0.25) is 0 Å². The molecular weight excluding hydrogens is 200 g/mol. The van der Waals surface area contributed by atoms with Crippen molar-refractivity contribution in [3.05, 3.63) is 34.9 Å². The fraction of sp³-hybridized carbons (Fsp3) is 0.500. The van der Waals surface area contributed by atoms with E-state index in [4.69, 9.17) is 4.74 Å². The number of benzene rings is 1. The maximum Gasteiger partial charge on any atom is 0.338 e. The molecule has 1 aromatic rings. The minimum absolute atomic E-state index is 0.188. The molecule has 0 fully saturated rings. The lowest BCUT2D eigenvalue weighted by molar-refractivity contribution is 0.0496. The molecule has 0 aromatic heterocycles. The van der Waals surface area contributed by atoms with Gasteiger partial charge in [-0.15, -0.1) is 0 Å². The van der Waals surface area contributed by atoms with E-state index in [0.29, 0.717) is 6.61 Å². The normalized spacial score (nSPS) is 10.2. The van der Waals surface area contributed by atoms with E-state index in [2.05, 4.69) is 6.92 Å². The Morgan fingerprint density at radius 2 is 1.81 bits per heavy atom. The third kappa shape index (κ3) is 3.37. The Balaban J connectivity index is 2.59. The molecule has 0 saturated heterocycles. The number of esters is 1. The van der Waals surface area contributed by atoms with Gasteiger partial charge in [0.2, 0.25) is 0 Å². The molecule has 0 amide bonds. The van der Waals surface area contributed by atoms with Crippen LogP contribution in [0.25, 0.3) is 0 Å². The molecule has 0 N–H and O–H groups in total. The van der Waals surface area contributed by atoms with Crippen molar-refractivity contribution in [2.24, 2.45) is 0 Å². The van der Waals surface area contributed by atoms with E-state index < -0.39 is 0 Å². The van der Waals surface area contributed by atoms with E-state index in [0.717, 1.165) is 36.0 Å². The first-order chi connectivity index (χ1) is 7.66. The Hall–Kier alpha value is -1.31. The van der Waals surface area contributed by atoms with Crippen LogP contribution in [0.1, 0.15) is 47.7 Å². The van der Waals surface area contributed by atoms with Gasteiger partial charge < -0.3 is 4.74 Å². The van der Waals surface area contributed by atoms with Gasteiger partial charge in [0.25, 0.3) is 0 Å². The van der Waals surface area contributed by atoms with Gasteiger partial charge in [0.05, 0.1) is 12.2 Å². The molecule has 0 aliphatic heterocycles. The number of carbonyl (C=O) groups excluding carboxylic acids is 1. The zero-order valence-corrected chi connectivity index (χ0v) is 10.4. The highest BCUT2D eigenvalue weighted by Crippen LogP contribution is 2.14. The molecule has 1 aromatic carbocycles. The maximum atomic E-state index is 11.8. The zero-order valence-electron chi connectivity index (χ0n) is 10.4. The van der Waals surface area contributed by atoms with E-state index >= 15 is 0 Å². The Morgan fingerprint density at radius 1 is 1.19 bits per heavy atom. The molecule has 0 saturated carbocycles. The van der Waals surface area contributed by atoms with E-state index in [1.54, 1.807) is 0 Å². The molecule has 0 aliphatic carbocycles. The summed E-state index contributed by atoms with van der Waals surface area (Å²) in [7, 11) is 0. The van der Waals surface area contributed by atoms with Crippen LogP contribution in [0.2, 0.25) is 0 Å². The highest BCUT2D eigenvalue weighted by atomic mass is 16.5. The first-order valence-corrected chi connectivity index (χ1v) is 5.90. The smallest absolute Gasteiger partial charge is 0.338 e. The number of hydrogen-bond acceptors (Lipinski definition) is 2. The zero-order chi connectivity index (χ0) is 12.0. The summed E-state index contributed by atoms with van der Waals surface area (Å²) in [4.78, 5) is 11.8. The average molecular weight is 220 g/mol. The van der Waals surface area contributed by atoms with E-state index in [1.807, 2.05) is 32.0 Å². The first kappa shape index (κ1) is 12.8. The monoisotopic (exact) mass is 220 g/mol. The van der Waals surface area contributed by atoms with Crippen molar-refractivity contribution in [3.63, 3.8) is 0 Å². The fourth-order valence-electron chi connectivity index (χ4n) is 1.73. The lowest BCUT2D eigenvalue weighted by Gasteiger charge is -2.09. The van der Waals surface area contributed by atoms with Crippen LogP contribution in [0, 0.1) is 13.8 Å². The molecule has 0 radical (unpaired) electrons. The summed E-state index contributed by atoms with van der Waals surface area (Å²) >= 11 is 0. The van der Waals surface area contributed by atoms with Crippen molar-refractivity contribution in [2.45, 2.75) is 40.0 Å². The van der Waals surface area contributed by atoms with Gasteiger partial charge >= 0.3 is 5.97 Å².